The van der Waals surface area contributed by atoms with Gasteiger partial charge < -0.3 is 9.11 Å². The van der Waals surface area contributed by atoms with Gasteiger partial charge in [0.25, 0.3) is 0 Å². The molecule has 0 saturated carbocycles. The first-order valence-corrected chi connectivity index (χ1v) is 27.2. The van der Waals surface area contributed by atoms with Crippen LogP contribution in [0.2, 0.25) is 0 Å². The molecule has 0 aromatic heterocycles. The summed E-state index contributed by atoms with van der Waals surface area (Å²) in [5.41, 5.74) is 0. The van der Waals surface area contributed by atoms with Crippen LogP contribution < -0.4 is 0 Å². The zero-order valence-electron chi connectivity index (χ0n) is 39.1. The molecule has 0 aliphatic heterocycles. The average molecular weight is 903 g/mol. The van der Waals surface area contributed by atoms with E-state index in [1.54, 1.807) is 0 Å². The third-order valence-electron chi connectivity index (χ3n) is 11.0. The van der Waals surface area contributed by atoms with E-state index in [2.05, 4.69) is 60.4 Å². The van der Waals surface area contributed by atoms with Crippen LogP contribution in [-0.2, 0) is 29.2 Å². The summed E-state index contributed by atoms with van der Waals surface area (Å²) in [7, 11) is -9.20. The topological polar surface area (TPSA) is 133 Å². The molecule has 0 aliphatic carbocycles. The Morgan fingerprint density at radius 2 is 0.593 bits per heavy atom. The molecule has 0 spiro atoms. The fraction of sp³-hybridized carbons (Fsp3) is 0.917. The van der Waals surface area contributed by atoms with Gasteiger partial charge in [0.1, 0.15) is 0 Å². The maximum absolute atomic E-state index is 10.8. The zero-order chi connectivity index (χ0) is 43.3. The van der Waals surface area contributed by atoms with Gasteiger partial charge >= 0.3 is 37.7 Å². The minimum Gasteiger partial charge on any atom is -0.726 e. The zero-order valence-corrected chi connectivity index (χ0v) is 43.0. The van der Waals surface area contributed by atoms with Crippen LogP contribution in [0.4, 0.5) is 0 Å². The molecule has 59 heavy (non-hydrogen) atoms. The van der Waals surface area contributed by atoms with Crippen LogP contribution >= 0.6 is 0 Å². The Morgan fingerprint density at radius 1 is 0.373 bits per heavy atom. The van der Waals surface area contributed by atoms with Crippen molar-refractivity contribution in [3.63, 3.8) is 0 Å². The molecule has 11 heteroatoms. The molecule has 0 saturated heterocycles. The Hall–Kier alpha value is 0.480. The fourth-order valence-electron chi connectivity index (χ4n) is 7.26. The second-order valence-electron chi connectivity index (χ2n) is 16.8. The first kappa shape index (κ1) is 63.8. The van der Waals surface area contributed by atoms with Crippen molar-refractivity contribution in [1.82, 2.24) is 0 Å². The maximum Gasteiger partial charge on any atom is 2.00 e. The first-order valence-electron chi connectivity index (χ1n) is 24.5. The largest absolute Gasteiger partial charge is 2.00 e. The van der Waals surface area contributed by atoms with Crippen molar-refractivity contribution in [2.45, 2.75) is 259 Å². The van der Waals surface area contributed by atoms with E-state index >= 15 is 0 Å². The molecular weight excluding hydrogens is 809 g/mol. The maximum atomic E-state index is 10.8. The Kier molecular flexibility index (Phi) is 53.5. The van der Waals surface area contributed by atoms with Crippen LogP contribution in [0.3, 0.4) is 0 Å². The molecule has 0 aromatic rings. The summed E-state index contributed by atoms with van der Waals surface area (Å²) in [6.45, 7) is 8.88. The Morgan fingerprint density at radius 3 is 0.831 bits per heavy atom. The molecule has 0 radical (unpaired) electrons. The molecule has 0 aliphatic rings. The van der Waals surface area contributed by atoms with Crippen molar-refractivity contribution in [2.75, 3.05) is 13.2 Å². The first-order chi connectivity index (χ1) is 28.0. The van der Waals surface area contributed by atoms with E-state index in [-0.39, 0.29) is 62.8 Å². The third-order valence-corrected chi connectivity index (χ3v) is 11.8. The molecule has 2 unspecified atom stereocenters. The van der Waals surface area contributed by atoms with Gasteiger partial charge in [0, 0.05) is 11.8 Å². The van der Waals surface area contributed by atoms with Gasteiger partial charge in [0.05, 0.1) is 13.2 Å². The Bertz CT molecular complexity index is 1010. The summed E-state index contributed by atoms with van der Waals surface area (Å²) in [5, 5.41) is 0. The van der Waals surface area contributed by atoms with Gasteiger partial charge in [-0.05, 0) is 38.5 Å². The summed E-state index contributed by atoms with van der Waals surface area (Å²) in [6, 6.07) is 0. The Labute approximate surface area is 398 Å². The number of hydrogen-bond acceptors (Lipinski definition) is 8. The molecule has 0 aromatic carbocycles. The quantitative estimate of drug-likeness (QED) is 0.0194. The fourth-order valence-corrected chi connectivity index (χ4v) is 7.94. The van der Waals surface area contributed by atoms with Crippen molar-refractivity contribution >= 4 is 58.5 Å². The van der Waals surface area contributed by atoms with Gasteiger partial charge in [-0.1, -0.05) is 245 Å². The summed E-state index contributed by atoms with van der Waals surface area (Å²) < 4.78 is 73.6. The minimum absolute atomic E-state index is 0. The average Bonchev–Trinajstić information content (AvgIpc) is 3.18. The summed E-state index contributed by atoms with van der Waals surface area (Å²) in [5.74, 6) is 0.0426. The van der Waals surface area contributed by atoms with Crippen LogP contribution in [-0.4, -0.2) is 76.9 Å². The van der Waals surface area contributed by atoms with Gasteiger partial charge in [0.15, 0.2) is 0 Å². The van der Waals surface area contributed by atoms with Crippen molar-refractivity contribution in [3.8, 4) is 0 Å². The summed E-state index contributed by atoms with van der Waals surface area (Å²) >= 11 is 0. The molecule has 0 rings (SSSR count). The van der Waals surface area contributed by atoms with Crippen LogP contribution in [0.1, 0.15) is 259 Å². The van der Waals surface area contributed by atoms with Crippen molar-refractivity contribution in [2.24, 2.45) is 11.8 Å². The van der Waals surface area contributed by atoms with Gasteiger partial charge in [0.2, 0.25) is 20.8 Å². The second kappa shape index (κ2) is 49.5. The van der Waals surface area contributed by atoms with E-state index in [9.17, 15) is 25.9 Å². The molecule has 0 fully saturated rings. The monoisotopic (exact) mass is 903 g/mol. The molecule has 0 heterocycles. The van der Waals surface area contributed by atoms with E-state index in [0.29, 0.717) is 0 Å². The van der Waals surface area contributed by atoms with Gasteiger partial charge in [-0.3, -0.25) is 8.37 Å². The predicted octanol–water partition coefficient (Wildman–Crippen LogP) is 15.0. The van der Waals surface area contributed by atoms with Gasteiger partial charge in [-0.25, -0.2) is 16.8 Å². The summed E-state index contributed by atoms with van der Waals surface area (Å²) in [6.07, 6.45) is 53.2. The molecule has 0 N–H and O–H groups in total. The standard InChI is InChI=1S/2C24H48O4S.Ca/c2*1-3-5-7-9-11-12-13-14-15-16-18-20-22-24(23-28-29(25,26)27)21-19-17-10-8-6-4-2;/h2*20,22,24H,3-19,21,23H2,1-2H3,(H,25,26,27);/q;;+2/p-2/b2*22-20+;. The van der Waals surface area contributed by atoms with Crippen molar-refractivity contribution < 1.29 is 34.3 Å². The normalized spacial score (nSPS) is 13.1. The molecule has 0 amide bonds. The van der Waals surface area contributed by atoms with E-state index in [1.165, 1.54) is 180 Å². The number of rotatable bonds is 44. The van der Waals surface area contributed by atoms with Gasteiger partial charge in [-0.2, -0.15) is 0 Å². The van der Waals surface area contributed by atoms with E-state index in [0.717, 1.165) is 51.4 Å². The van der Waals surface area contributed by atoms with Crippen LogP contribution in [0.25, 0.3) is 0 Å². The van der Waals surface area contributed by atoms with Gasteiger partial charge in [-0.15, -0.1) is 0 Å². The van der Waals surface area contributed by atoms with E-state index < -0.39 is 20.8 Å². The van der Waals surface area contributed by atoms with Crippen LogP contribution in [0, 0.1) is 11.8 Å². The van der Waals surface area contributed by atoms with E-state index in [1.807, 2.05) is 0 Å². The Balaban J connectivity index is -0.00000105. The van der Waals surface area contributed by atoms with Crippen molar-refractivity contribution in [1.29, 1.82) is 0 Å². The third kappa shape index (κ3) is 58.5. The number of hydrogen-bond donors (Lipinski definition) is 0. The predicted molar refractivity (Wildman–Crippen MR) is 251 cm³/mol. The molecule has 2 atom stereocenters. The molecule has 0 bridgehead atoms. The smallest absolute Gasteiger partial charge is 0.726 e. The number of allylic oxidation sites excluding steroid dienone is 2. The SMILES string of the molecule is CCCCCCCCCCCC/C=C/C(CCCCCCCC)COS(=O)(=O)[O-].CCCCCCCCCCCC/C=C/C(CCCCCCCC)COS(=O)(=O)[O-].[Ca+2]. The molecule has 348 valence electrons. The molecular formula is C48H94CaO8S2. The second-order valence-corrected chi connectivity index (χ2v) is 18.9. The van der Waals surface area contributed by atoms with Crippen molar-refractivity contribution in [3.05, 3.63) is 24.3 Å². The minimum atomic E-state index is -4.60. The van der Waals surface area contributed by atoms with E-state index in [4.69, 9.17) is 0 Å². The molecule has 8 nitrogen and oxygen atoms in total. The number of unbranched alkanes of at least 4 members (excludes halogenated alkanes) is 30. The van der Waals surface area contributed by atoms with Crippen LogP contribution in [0.5, 0.6) is 0 Å². The van der Waals surface area contributed by atoms with Crippen LogP contribution in [0.15, 0.2) is 24.3 Å². The summed E-state index contributed by atoms with van der Waals surface area (Å²) in [4.78, 5) is 0.